The second-order valence-corrected chi connectivity index (χ2v) is 22.4. The van der Waals surface area contributed by atoms with Crippen LogP contribution in [0.4, 0.5) is 0 Å². The predicted octanol–water partition coefficient (Wildman–Crippen LogP) is -3.21. The highest BCUT2D eigenvalue weighted by Gasteiger charge is 2.72. The Bertz CT molecular complexity index is 1930. The van der Waals surface area contributed by atoms with Crippen LogP contribution in [0.3, 0.4) is 0 Å². The minimum absolute atomic E-state index is 0.0176. The van der Waals surface area contributed by atoms with Crippen LogP contribution in [0.2, 0.25) is 0 Å². The van der Waals surface area contributed by atoms with Gasteiger partial charge in [0.2, 0.25) is 5.79 Å². The van der Waals surface area contributed by atoms with Crippen molar-refractivity contribution in [3.63, 3.8) is 0 Å². The summed E-state index contributed by atoms with van der Waals surface area (Å²) in [5.41, 5.74) is 0.610. The van der Waals surface area contributed by atoms with Crippen LogP contribution >= 0.6 is 0 Å². The van der Waals surface area contributed by atoms with Crippen molar-refractivity contribution >= 4 is 0 Å². The van der Waals surface area contributed by atoms with Crippen LogP contribution in [-0.2, 0) is 47.4 Å². The van der Waals surface area contributed by atoms with Crippen LogP contribution < -0.4 is 0 Å². The molecule has 9 fully saturated rings. The molecule has 0 radical (unpaired) electrons. The largest absolute Gasteiger partial charge is 0.393 e. The van der Waals surface area contributed by atoms with Gasteiger partial charge in [-0.2, -0.15) is 0 Å². The lowest BCUT2D eigenvalue weighted by atomic mass is 9.46. The first-order chi connectivity index (χ1) is 33.1. The molecule has 30 atom stereocenters. The first-order valence-corrected chi connectivity index (χ1v) is 25.1. The molecule has 3 saturated carbocycles. The van der Waals surface area contributed by atoms with Crippen LogP contribution in [0.1, 0.15) is 66.2 Å². The number of ether oxygens (including phenoxy) is 10. The molecule has 10 rings (SSSR count). The minimum Gasteiger partial charge on any atom is -0.393 e. The summed E-state index contributed by atoms with van der Waals surface area (Å²) in [6.45, 7) is 11.0. The molecule has 22 heteroatoms. The van der Waals surface area contributed by atoms with E-state index in [0.29, 0.717) is 18.4 Å². The molecule has 70 heavy (non-hydrogen) atoms. The Labute approximate surface area is 405 Å². The molecule has 12 N–H and O–H groups in total. The van der Waals surface area contributed by atoms with E-state index in [9.17, 15) is 61.3 Å². The summed E-state index contributed by atoms with van der Waals surface area (Å²) in [5.74, 6) is -1.35. The molecular formula is C48H74O22. The maximum Gasteiger partial charge on any atom is 0.200 e. The summed E-state index contributed by atoms with van der Waals surface area (Å²) < 4.78 is 60.9. The summed E-state index contributed by atoms with van der Waals surface area (Å²) in [7, 11) is 0. The predicted molar refractivity (Wildman–Crippen MR) is 233 cm³/mol. The highest BCUT2D eigenvalue weighted by molar-refractivity contribution is 5.29. The van der Waals surface area contributed by atoms with Crippen molar-refractivity contribution in [3.05, 3.63) is 23.8 Å². The average molecular weight is 1000 g/mol. The van der Waals surface area contributed by atoms with Crippen LogP contribution in [-0.4, -0.2) is 229 Å². The van der Waals surface area contributed by atoms with Crippen molar-refractivity contribution in [2.45, 2.75) is 207 Å². The standard InChI is InChI=1S/C48H74O22/c1-17-13-64-48(41(60)38(17)67-42-35(57)32(54)25(50)14-61-42)18(2)30-28(70-48)12-24-22-7-6-20-10-21(49)11-29(47(20,5)23(22)8-9-46(24,30)4)66-43-37(59)39(27(52)16-62-43)68-45-40(33(55)26(51)15-63-45)69-44-36(58)34(56)31(53)19(3)65-44/h6,18-19,21-45,49-60H,1,7-16H2,2-5H3/t18-,19-,21+,22+,23-,24-,25-,26+,27-,28-,29+,30-,31-,32-,33-,34+,35+,36+,37+,38-,39-,40+,41-,42-,43-,44-,45-,46-,47-,48-/m0/s1. The van der Waals surface area contributed by atoms with E-state index in [2.05, 4.69) is 26.5 Å². The maximum absolute atomic E-state index is 12.1. The van der Waals surface area contributed by atoms with E-state index >= 15 is 0 Å². The van der Waals surface area contributed by atoms with Gasteiger partial charge < -0.3 is 109 Å². The number of rotatable bonds is 8. The molecule has 1 spiro atoms. The van der Waals surface area contributed by atoms with Crippen molar-refractivity contribution in [2.75, 3.05) is 26.4 Å². The Balaban J connectivity index is 0.838. The van der Waals surface area contributed by atoms with Crippen LogP contribution in [0.15, 0.2) is 23.8 Å². The molecule has 0 aromatic rings. The van der Waals surface area contributed by atoms with E-state index in [1.165, 1.54) is 6.92 Å². The lowest BCUT2D eigenvalue weighted by molar-refractivity contribution is -0.374. The summed E-state index contributed by atoms with van der Waals surface area (Å²) >= 11 is 0. The fraction of sp³-hybridized carbons (Fsp3) is 0.917. The quantitative estimate of drug-likeness (QED) is 0.107. The molecule has 22 nitrogen and oxygen atoms in total. The van der Waals surface area contributed by atoms with Crippen molar-refractivity contribution in [2.24, 2.45) is 40.4 Å². The van der Waals surface area contributed by atoms with Crippen molar-refractivity contribution in [3.8, 4) is 0 Å². The summed E-state index contributed by atoms with van der Waals surface area (Å²) in [4.78, 5) is 0. The van der Waals surface area contributed by atoms with Gasteiger partial charge in [-0.05, 0) is 73.7 Å². The van der Waals surface area contributed by atoms with E-state index in [1.54, 1.807) is 0 Å². The van der Waals surface area contributed by atoms with Crippen molar-refractivity contribution < 1.29 is 109 Å². The van der Waals surface area contributed by atoms with Crippen LogP contribution in [0.5, 0.6) is 0 Å². The SMILES string of the molecule is C=C1CO[C@@]2(O[C@H]3C[C@H]4[C@@H]5CC=C6C[C@@H](O)C[C@@H](O[C@@H]7OC[C@H](O)[C@H](O[C@@H]8OC[C@@H](O)[C@H](O)[C@H]8O[C@@H]8O[C@@H](C)[C@H](O)[C@@H](O)[C@H]8O)[C@H]7O)[C@]6(C)[C@H]5CC[C@]4(C)[C@H]3[C@@H]2C)[C@@H](O)[C@H]1O[C@@H]1OC[C@H](O)[C@H](O)[C@H]1O. The molecule has 0 aromatic carbocycles. The van der Waals surface area contributed by atoms with E-state index in [1.807, 2.05) is 6.92 Å². The third-order valence-corrected chi connectivity index (χ3v) is 18.6. The Morgan fingerprint density at radius 3 is 2.03 bits per heavy atom. The molecule has 0 bridgehead atoms. The van der Waals surface area contributed by atoms with Crippen LogP contribution in [0, 0.1) is 40.4 Å². The number of fused-ring (bicyclic) bond motifs is 7. The average Bonchev–Trinajstić information content (AvgIpc) is 3.78. The monoisotopic (exact) mass is 1000 g/mol. The van der Waals surface area contributed by atoms with Crippen molar-refractivity contribution in [1.29, 1.82) is 0 Å². The number of hydrogen-bond donors (Lipinski definition) is 12. The first-order valence-electron chi connectivity index (χ1n) is 25.1. The van der Waals surface area contributed by atoms with Gasteiger partial charge >= 0.3 is 0 Å². The topological polar surface area (TPSA) is 335 Å². The summed E-state index contributed by atoms with van der Waals surface area (Å²) in [5, 5.41) is 130. The van der Waals surface area contributed by atoms with Gasteiger partial charge in [-0.1, -0.05) is 39.0 Å². The van der Waals surface area contributed by atoms with Crippen LogP contribution in [0.25, 0.3) is 0 Å². The number of aliphatic hydroxyl groups excluding tert-OH is 12. The summed E-state index contributed by atoms with van der Waals surface area (Å²) in [6.07, 6.45) is -23.4. The molecular weight excluding hydrogens is 929 g/mol. The van der Waals surface area contributed by atoms with E-state index < -0.39 is 147 Å². The molecule has 10 aliphatic rings. The van der Waals surface area contributed by atoms with E-state index in [4.69, 9.17) is 47.4 Å². The zero-order valence-electron chi connectivity index (χ0n) is 39.9. The third kappa shape index (κ3) is 8.32. The Hall–Kier alpha value is -1.40. The fourth-order valence-corrected chi connectivity index (χ4v) is 14.7. The zero-order chi connectivity index (χ0) is 50.1. The van der Waals surface area contributed by atoms with Gasteiger partial charge in [0.15, 0.2) is 25.2 Å². The number of aliphatic hydroxyl groups is 12. The third-order valence-electron chi connectivity index (χ3n) is 18.6. The van der Waals surface area contributed by atoms with Gasteiger partial charge in [-0.15, -0.1) is 0 Å². The molecule has 6 heterocycles. The van der Waals surface area contributed by atoms with Crippen molar-refractivity contribution in [1.82, 2.24) is 0 Å². The molecule has 398 valence electrons. The van der Waals surface area contributed by atoms with Gasteiger partial charge in [0.05, 0.1) is 50.8 Å². The lowest BCUT2D eigenvalue weighted by Crippen LogP contribution is -2.64. The zero-order valence-corrected chi connectivity index (χ0v) is 39.9. The molecule has 0 aromatic heterocycles. The fourth-order valence-electron chi connectivity index (χ4n) is 14.7. The normalized spacial score (nSPS) is 58.0. The minimum atomic E-state index is -1.76. The highest BCUT2D eigenvalue weighted by Crippen LogP contribution is 2.71. The molecule has 6 aliphatic heterocycles. The smallest absolute Gasteiger partial charge is 0.200 e. The van der Waals surface area contributed by atoms with Gasteiger partial charge in [0, 0.05) is 17.8 Å². The Kier molecular flexibility index (Phi) is 14.4. The highest BCUT2D eigenvalue weighted by atomic mass is 16.8. The first kappa shape index (κ1) is 52.1. The molecule has 0 unspecified atom stereocenters. The second-order valence-electron chi connectivity index (χ2n) is 22.4. The van der Waals surface area contributed by atoms with Gasteiger partial charge in [-0.3, -0.25) is 0 Å². The van der Waals surface area contributed by atoms with E-state index in [0.717, 1.165) is 24.8 Å². The molecule has 0 amide bonds. The number of hydrogen-bond acceptors (Lipinski definition) is 22. The summed E-state index contributed by atoms with van der Waals surface area (Å²) in [6, 6.07) is 0. The Morgan fingerprint density at radius 1 is 0.657 bits per heavy atom. The molecule has 6 saturated heterocycles. The maximum atomic E-state index is 12.1. The molecule has 4 aliphatic carbocycles. The van der Waals surface area contributed by atoms with Gasteiger partial charge in [0.25, 0.3) is 0 Å². The second kappa shape index (κ2) is 19.3. The van der Waals surface area contributed by atoms with Gasteiger partial charge in [-0.25, -0.2) is 0 Å². The lowest BCUT2D eigenvalue weighted by Gasteiger charge is -2.60. The number of allylic oxidation sites excluding steroid dienone is 1. The van der Waals surface area contributed by atoms with E-state index in [-0.39, 0.29) is 67.3 Å². The van der Waals surface area contributed by atoms with Gasteiger partial charge in [0.1, 0.15) is 85.5 Å². The Morgan fingerprint density at radius 2 is 1.30 bits per heavy atom.